The Labute approximate surface area is 205 Å². The van der Waals surface area contributed by atoms with Gasteiger partial charge in [0.05, 0.1) is 11.7 Å². The molecule has 3 aliphatic rings. The van der Waals surface area contributed by atoms with Crippen LogP contribution >= 0.6 is 0 Å². The first-order valence-electron chi connectivity index (χ1n) is 13.1. The van der Waals surface area contributed by atoms with Gasteiger partial charge in [0.1, 0.15) is 11.4 Å². The second-order valence-corrected chi connectivity index (χ2v) is 10.9. The largest absolute Gasteiger partial charge is 0.508 e. The molecule has 2 aromatic rings. The summed E-state index contributed by atoms with van der Waals surface area (Å²) in [6.07, 6.45) is 6.15. The van der Waals surface area contributed by atoms with E-state index in [1.54, 1.807) is 6.07 Å². The van der Waals surface area contributed by atoms with Gasteiger partial charge in [0, 0.05) is 31.9 Å². The number of piperidine rings is 2. The summed E-state index contributed by atoms with van der Waals surface area (Å²) in [5.74, 6) is 1.08. The number of hydrogen-bond acceptors (Lipinski definition) is 5. The summed E-state index contributed by atoms with van der Waals surface area (Å²) >= 11 is 0. The van der Waals surface area contributed by atoms with Crippen molar-refractivity contribution in [3.63, 3.8) is 0 Å². The zero-order valence-corrected chi connectivity index (χ0v) is 21.2. The predicted molar refractivity (Wildman–Crippen MR) is 138 cm³/mol. The van der Waals surface area contributed by atoms with Gasteiger partial charge in [-0.15, -0.1) is 0 Å². The Bertz CT molecular complexity index is 1010. The fourth-order valence-corrected chi connectivity index (χ4v) is 7.04. The number of para-hydroxylation sites is 1. The van der Waals surface area contributed by atoms with E-state index < -0.39 is 11.1 Å². The lowest BCUT2D eigenvalue weighted by atomic mass is 9.60. The highest BCUT2D eigenvalue weighted by Gasteiger charge is 2.64. The van der Waals surface area contributed by atoms with Gasteiger partial charge >= 0.3 is 0 Å². The van der Waals surface area contributed by atoms with Gasteiger partial charge in [-0.2, -0.15) is 0 Å². The number of phenols is 1. The summed E-state index contributed by atoms with van der Waals surface area (Å²) in [5, 5.41) is 23.3. The highest BCUT2D eigenvalue weighted by atomic mass is 16.3. The Morgan fingerprint density at radius 2 is 1.79 bits per heavy atom. The molecule has 3 fully saturated rings. The second-order valence-electron chi connectivity index (χ2n) is 10.9. The number of likely N-dealkylation sites (N-methyl/N-ethyl adjacent to an activating group) is 1. The third-order valence-corrected chi connectivity index (χ3v) is 9.27. The smallest absolute Gasteiger partial charge is 0.115 e. The van der Waals surface area contributed by atoms with E-state index in [4.69, 9.17) is 0 Å². The summed E-state index contributed by atoms with van der Waals surface area (Å²) in [6, 6.07) is 16.4. The van der Waals surface area contributed by atoms with E-state index in [9.17, 15) is 10.2 Å². The van der Waals surface area contributed by atoms with Gasteiger partial charge in [-0.3, -0.25) is 9.80 Å². The predicted octanol–water partition coefficient (Wildman–Crippen LogP) is 4.57. The molecule has 2 saturated heterocycles. The first-order chi connectivity index (χ1) is 16.3. The Morgan fingerprint density at radius 1 is 1.06 bits per heavy atom. The molecule has 1 aliphatic carbocycles. The van der Waals surface area contributed by atoms with Crippen molar-refractivity contribution in [2.24, 2.45) is 5.92 Å². The minimum absolute atomic E-state index is 0.0549. The molecule has 4 atom stereocenters. The first-order valence-corrected chi connectivity index (χ1v) is 13.1. The number of aliphatic hydroxyl groups is 1. The van der Waals surface area contributed by atoms with Crippen molar-refractivity contribution in [3.05, 3.63) is 59.7 Å². The number of phenolic OH excluding ortho intramolecular Hbond substituents is 1. The average molecular weight is 464 g/mol. The van der Waals surface area contributed by atoms with Crippen molar-refractivity contribution in [2.45, 2.75) is 75.7 Å². The van der Waals surface area contributed by atoms with E-state index in [0.29, 0.717) is 0 Å². The zero-order valence-electron chi connectivity index (χ0n) is 21.2. The highest BCUT2D eigenvalue weighted by Crippen LogP contribution is 2.55. The lowest BCUT2D eigenvalue weighted by Crippen LogP contribution is -2.77. The molecule has 5 nitrogen and oxygen atoms in total. The fraction of sp³-hybridized carbons (Fsp3) is 0.586. The van der Waals surface area contributed by atoms with Gasteiger partial charge in [0.2, 0.25) is 0 Å². The SMILES string of the molecule is CCc1ccc(O)cc1C12CCN(CC3CC3)C(C)C1(O)CCC(N(C)c1ccccc1)N2C. The molecule has 184 valence electrons. The van der Waals surface area contributed by atoms with E-state index in [0.717, 1.165) is 50.3 Å². The van der Waals surface area contributed by atoms with Crippen LogP contribution in [0.2, 0.25) is 0 Å². The van der Waals surface area contributed by atoms with Crippen LogP contribution in [0.25, 0.3) is 0 Å². The monoisotopic (exact) mass is 463 g/mol. The highest BCUT2D eigenvalue weighted by molar-refractivity contribution is 5.48. The topological polar surface area (TPSA) is 50.2 Å². The quantitative estimate of drug-likeness (QED) is 0.657. The van der Waals surface area contributed by atoms with Crippen molar-refractivity contribution in [3.8, 4) is 5.75 Å². The molecular formula is C29H41N3O2. The number of likely N-dealkylation sites (tertiary alicyclic amines) is 2. The number of anilines is 1. The number of benzene rings is 2. The summed E-state index contributed by atoms with van der Waals surface area (Å²) in [5.41, 5.74) is 2.03. The van der Waals surface area contributed by atoms with E-state index in [1.165, 1.54) is 24.1 Å². The van der Waals surface area contributed by atoms with Crippen LogP contribution in [0.4, 0.5) is 5.69 Å². The van der Waals surface area contributed by atoms with Crippen molar-refractivity contribution < 1.29 is 10.2 Å². The third kappa shape index (κ3) is 3.64. The molecule has 0 aromatic heterocycles. The Balaban J connectivity index is 1.62. The molecule has 0 spiro atoms. The summed E-state index contributed by atoms with van der Waals surface area (Å²) in [4.78, 5) is 7.35. The molecule has 0 radical (unpaired) electrons. The molecule has 5 rings (SSSR count). The maximum absolute atomic E-state index is 12.7. The van der Waals surface area contributed by atoms with E-state index in [1.807, 2.05) is 6.07 Å². The van der Waals surface area contributed by atoms with Crippen LogP contribution in [0.3, 0.4) is 0 Å². The van der Waals surface area contributed by atoms with Crippen LogP contribution in [0.1, 0.15) is 57.1 Å². The standard InChI is InChI=1S/C29H41N3O2/c1-5-23-13-14-25(33)19-26(23)28-17-18-32(20-22-11-12-22)21(2)29(28,34)16-15-27(31(28)4)30(3)24-9-7-6-8-10-24/h6-10,13-14,19,21-22,27,33-34H,5,11-12,15-18,20H2,1-4H3. The Hall–Kier alpha value is -2.08. The van der Waals surface area contributed by atoms with Crippen LogP contribution in [0, 0.1) is 5.92 Å². The summed E-state index contributed by atoms with van der Waals surface area (Å²) < 4.78 is 0. The molecule has 4 unspecified atom stereocenters. The van der Waals surface area contributed by atoms with E-state index in [-0.39, 0.29) is 18.0 Å². The summed E-state index contributed by atoms with van der Waals surface area (Å²) in [7, 11) is 4.37. The molecule has 2 aromatic carbocycles. The van der Waals surface area contributed by atoms with Crippen LogP contribution in [-0.2, 0) is 12.0 Å². The minimum atomic E-state index is -0.902. The van der Waals surface area contributed by atoms with Crippen molar-refractivity contribution in [1.82, 2.24) is 9.80 Å². The fourth-order valence-electron chi connectivity index (χ4n) is 7.04. The van der Waals surface area contributed by atoms with Gasteiger partial charge in [-0.1, -0.05) is 31.2 Å². The molecule has 2 aliphatic heterocycles. The second kappa shape index (κ2) is 8.85. The van der Waals surface area contributed by atoms with Gasteiger partial charge in [0.25, 0.3) is 0 Å². The Morgan fingerprint density at radius 3 is 2.47 bits per heavy atom. The molecule has 2 heterocycles. The molecule has 5 heteroatoms. The normalized spacial score (nSPS) is 32.4. The summed E-state index contributed by atoms with van der Waals surface area (Å²) in [6.45, 7) is 6.47. The number of hydrogen-bond donors (Lipinski definition) is 2. The van der Waals surface area contributed by atoms with Crippen LogP contribution in [-0.4, -0.2) is 65.0 Å². The molecule has 34 heavy (non-hydrogen) atoms. The number of aromatic hydroxyl groups is 1. The molecular weight excluding hydrogens is 422 g/mol. The Kier molecular flexibility index (Phi) is 6.16. The van der Waals surface area contributed by atoms with Crippen LogP contribution < -0.4 is 4.90 Å². The molecule has 1 saturated carbocycles. The van der Waals surface area contributed by atoms with Gasteiger partial charge in [-0.05, 0) is 93.8 Å². The van der Waals surface area contributed by atoms with E-state index >= 15 is 0 Å². The zero-order chi connectivity index (χ0) is 24.1. The average Bonchev–Trinajstić information content (AvgIpc) is 3.67. The first kappa shape index (κ1) is 23.7. The van der Waals surface area contributed by atoms with Gasteiger partial charge in [0.15, 0.2) is 0 Å². The van der Waals surface area contributed by atoms with E-state index in [2.05, 4.69) is 79.0 Å². The van der Waals surface area contributed by atoms with Gasteiger partial charge < -0.3 is 15.1 Å². The van der Waals surface area contributed by atoms with Crippen LogP contribution in [0.5, 0.6) is 5.75 Å². The molecule has 0 bridgehead atoms. The van der Waals surface area contributed by atoms with Crippen molar-refractivity contribution >= 4 is 5.69 Å². The number of aryl methyl sites for hydroxylation is 1. The number of rotatable bonds is 6. The molecule has 0 amide bonds. The minimum Gasteiger partial charge on any atom is -0.508 e. The lowest BCUT2D eigenvalue weighted by molar-refractivity contribution is -0.219. The van der Waals surface area contributed by atoms with Crippen molar-refractivity contribution in [2.75, 3.05) is 32.1 Å². The van der Waals surface area contributed by atoms with Crippen molar-refractivity contribution in [1.29, 1.82) is 0 Å². The molecule has 2 N–H and O–H groups in total. The lowest BCUT2D eigenvalue weighted by Gasteiger charge is -2.66. The van der Waals surface area contributed by atoms with Crippen LogP contribution in [0.15, 0.2) is 48.5 Å². The third-order valence-electron chi connectivity index (χ3n) is 9.27. The maximum atomic E-state index is 12.7. The number of fused-ring (bicyclic) bond motifs is 1. The maximum Gasteiger partial charge on any atom is 0.115 e. The number of nitrogens with zero attached hydrogens (tertiary/aromatic N) is 3. The van der Waals surface area contributed by atoms with Gasteiger partial charge in [-0.25, -0.2) is 0 Å².